The molecule has 1 saturated heterocycles. The number of benzene rings is 1. The third-order valence-corrected chi connectivity index (χ3v) is 11.9. The van der Waals surface area contributed by atoms with Gasteiger partial charge in [-0.1, -0.05) is 44.2 Å². The fourth-order valence-corrected chi connectivity index (χ4v) is 8.00. The highest BCUT2D eigenvalue weighted by Gasteiger charge is 2.41. The molecule has 26 heteroatoms. The number of phosphoric acid groups is 1. The Hall–Kier alpha value is -4.98. The molecule has 1 aromatic carbocycles. The Morgan fingerprint density at radius 3 is 2.20 bits per heavy atom. The topological polar surface area (TPSA) is 358 Å². The molecule has 1 aliphatic rings. The Balaban J connectivity index is 1.70. The molecule has 12 N–H and O–H groups in total. The van der Waals surface area contributed by atoms with E-state index in [4.69, 9.17) is 25.7 Å². The minimum absolute atomic E-state index is 0.0277. The van der Waals surface area contributed by atoms with Gasteiger partial charge in [0.15, 0.2) is 0 Å². The van der Waals surface area contributed by atoms with Crippen LogP contribution in [0.25, 0.3) is 0 Å². The summed E-state index contributed by atoms with van der Waals surface area (Å²) >= 11 is 4.00. The smallest absolute Gasteiger partial charge is 0.379 e. The number of carbonyl (C=O) groups excluding carboxylic acids is 7. The zero-order chi connectivity index (χ0) is 51.8. The van der Waals surface area contributed by atoms with Crippen molar-refractivity contribution in [2.75, 3.05) is 51.9 Å². The lowest BCUT2D eigenvalue weighted by atomic mass is 10.0. The Morgan fingerprint density at radius 1 is 0.886 bits per heavy atom. The molecule has 1 aliphatic heterocycles. The van der Waals surface area contributed by atoms with Gasteiger partial charge in [0.1, 0.15) is 30.2 Å². The van der Waals surface area contributed by atoms with Gasteiger partial charge in [0.05, 0.1) is 57.4 Å². The van der Waals surface area contributed by atoms with Crippen LogP contribution in [0.15, 0.2) is 42.9 Å². The molecule has 24 nitrogen and oxygen atoms in total. The summed E-state index contributed by atoms with van der Waals surface area (Å²) in [5, 5.41) is 12.8. The van der Waals surface area contributed by atoms with Crippen molar-refractivity contribution in [3.63, 3.8) is 0 Å². The molecular formula is C44H71N10O14PS. The van der Waals surface area contributed by atoms with E-state index in [1.807, 2.05) is 32.0 Å². The normalized spacial score (nSPS) is 17.4. The molecule has 392 valence electrons. The second kappa shape index (κ2) is 30.7. The summed E-state index contributed by atoms with van der Waals surface area (Å²) in [5.74, 6) is -4.97. The predicted octanol–water partition coefficient (Wildman–Crippen LogP) is -1.25. The molecule has 0 saturated carbocycles. The number of nitrogens with zero attached hydrogens (tertiary/aromatic N) is 2. The number of imidazole rings is 1. The van der Waals surface area contributed by atoms with Crippen molar-refractivity contribution in [1.29, 1.82) is 0 Å². The van der Waals surface area contributed by atoms with E-state index in [-0.39, 0.29) is 88.7 Å². The Kier molecular flexibility index (Phi) is 26.0. The van der Waals surface area contributed by atoms with Crippen molar-refractivity contribution < 1.29 is 66.6 Å². The van der Waals surface area contributed by atoms with Crippen LogP contribution in [-0.2, 0) is 69.7 Å². The van der Waals surface area contributed by atoms with E-state index in [1.54, 1.807) is 0 Å². The first-order chi connectivity index (χ1) is 33.2. The molecule has 0 radical (unpaired) electrons. The van der Waals surface area contributed by atoms with Gasteiger partial charge in [-0.25, -0.2) is 9.55 Å². The van der Waals surface area contributed by atoms with Crippen LogP contribution in [0.1, 0.15) is 71.1 Å². The molecule has 0 spiro atoms. The van der Waals surface area contributed by atoms with Crippen molar-refractivity contribution in [3.05, 3.63) is 54.1 Å². The number of carbonyl (C=O) groups is 7. The Bertz CT molecular complexity index is 2020. The summed E-state index contributed by atoms with van der Waals surface area (Å²) in [7, 11) is -5.08. The van der Waals surface area contributed by atoms with E-state index in [1.165, 1.54) is 29.9 Å². The van der Waals surface area contributed by atoms with Crippen LogP contribution in [0.3, 0.4) is 0 Å². The zero-order valence-electron chi connectivity index (χ0n) is 40.1. The second-order valence-corrected chi connectivity index (χ2v) is 18.8. The Labute approximate surface area is 413 Å². The number of likely N-dealkylation sites (tertiary alicyclic amines) is 1. The third kappa shape index (κ3) is 22.0. The number of phosphoric ester groups is 1. The molecular weight excluding hydrogens is 956 g/mol. The van der Waals surface area contributed by atoms with Gasteiger partial charge in [-0.05, 0) is 51.0 Å². The van der Waals surface area contributed by atoms with Gasteiger partial charge >= 0.3 is 7.82 Å². The molecule has 1 fully saturated rings. The first-order valence-electron chi connectivity index (χ1n) is 23.2. The lowest BCUT2D eigenvalue weighted by Crippen LogP contribution is -2.59. The molecule has 7 amide bonds. The quantitative estimate of drug-likeness (QED) is 0.0226. The van der Waals surface area contributed by atoms with Gasteiger partial charge in [0.25, 0.3) is 0 Å². The van der Waals surface area contributed by atoms with Crippen LogP contribution in [0.2, 0.25) is 0 Å². The van der Waals surface area contributed by atoms with Crippen molar-refractivity contribution in [2.45, 2.75) is 121 Å². The van der Waals surface area contributed by atoms with E-state index in [2.05, 4.69) is 65.8 Å². The number of aromatic amines is 1. The number of thiol groups is 1. The first-order valence-corrected chi connectivity index (χ1v) is 25.3. The van der Waals surface area contributed by atoms with Gasteiger partial charge < -0.3 is 71.9 Å². The summed E-state index contributed by atoms with van der Waals surface area (Å²) in [4.78, 5) is 120. The minimum Gasteiger partial charge on any atom is -0.379 e. The fraction of sp³-hybridized carbons (Fsp3) is 0.636. The molecule has 2 aromatic rings. The highest BCUT2D eigenvalue weighted by Crippen LogP contribution is 2.38. The van der Waals surface area contributed by atoms with E-state index in [0.29, 0.717) is 12.3 Å². The van der Waals surface area contributed by atoms with Gasteiger partial charge in [-0.15, -0.1) is 0 Å². The summed E-state index contributed by atoms with van der Waals surface area (Å²) in [5.41, 5.74) is 12.6. The molecule has 70 heavy (non-hydrogen) atoms. The van der Waals surface area contributed by atoms with E-state index >= 15 is 0 Å². The first kappa shape index (κ1) is 59.3. The number of H-pyrrole nitrogens is 1. The predicted molar refractivity (Wildman–Crippen MR) is 257 cm³/mol. The lowest BCUT2D eigenvalue weighted by molar-refractivity contribution is -0.140. The Morgan fingerprint density at radius 2 is 1.57 bits per heavy atom. The number of rotatable bonds is 33. The molecule has 1 unspecified atom stereocenters. The van der Waals surface area contributed by atoms with Crippen LogP contribution in [0.4, 0.5) is 0 Å². The monoisotopic (exact) mass is 1030 g/mol. The lowest BCUT2D eigenvalue weighted by Gasteiger charge is -2.28. The average Bonchev–Trinajstić information content (AvgIpc) is 3.99. The molecule has 2 heterocycles. The van der Waals surface area contributed by atoms with E-state index < -0.39 is 85.8 Å². The third-order valence-electron chi connectivity index (χ3n) is 10.9. The standard InChI is InChI=1S/C44H71N10O14PS/c1-27(2)20-34(43(60)51-35(21-31-23-47-26-49-31)42(59)50-28(3)40(57)53-38(39(46)56)29(4)68-69(62,63)64)52-44(61)36-22-32(67-15-9-8-12-30-10-6-5-7-11-30)24-54(36)37(55)13-16-65-18-19-66-17-14-48-41(58)33(45)25-70/h5-7,10-11,23,26-29,32-36,38,70H,8-9,12-22,24-25,45H2,1-4H3,(H2,46,56)(H,47,49)(H,48,58)(H,50,59)(H,51,60)(H,52,61)(H,53,57)(H2,62,63,64)/t28-,29+,32-,33-,34-,35-,36?,38-/m0/s1. The minimum atomic E-state index is -5.08. The molecule has 0 bridgehead atoms. The van der Waals surface area contributed by atoms with Gasteiger partial charge in [0.2, 0.25) is 41.4 Å². The van der Waals surface area contributed by atoms with Crippen LogP contribution >= 0.6 is 20.5 Å². The second-order valence-electron chi connectivity index (χ2n) is 17.2. The van der Waals surface area contributed by atoms with Crippen LogP contribution in [0.5, 0.6) is 0 Å². The number of nitrogens with two attached hydrogens (primary N) is 2. The number of aromatic nitrogens is 2. The zero-order valence-corrected chi connectivity index (χ0v) is 41.9. The van der Waals surface area contributed by atoms with Gasteiger partial charge in [-0.3, -0.25) is 38.1 Å². The van der Waals surface area contributed by atoms with Crippen LogP contribution in [-0.4, -0.2) is 166 Å². The van der Waals surface area contributed by atoms with E-state index in [9.17, 15) is 47.9 Å². The van der Waals surface area contributed by atoms with Crippen LogP contribution in [0, 0.1) is 5.92 Å². The maximum Gasteiger partial charge on any atom is 0.469 e. The fourth-order valence-electron chi connectivity index (χ4n) is 7.28. The van der Waals surface area contributed by atoms with Gasteiger partial charge in [-0.2, -0.15) is 12.6 Å². The SMILES string of the molecule is CC(C)C[C@H](NC(=O)C1C[C@H](OCCCCc2ccccc2)CN1C(=O)CCOCCOCCNC(=O)[C@@H](N)CS)C(=O)N[C@@H](Cc1cnc[nH]1)C(=O)N[C@@H](C)C(=O)N[C@H](C(N)=O)[C@@H](C)OP(=O)(O)O. The summed E-state index contributed by atoms with van der Waals surface area (Å²) in [6.07, 6.45) is 3.32. The van der Waals surface area contributed by atoms with E-state index in [0.717, 1.165) is 26.2 Å². The highest BCUT2D eigenvalue weighted by molar-refractivity contribution is 7.80. The average molecular weight is 1030 g/mol. The van der Waals surface area contributed by atoms with Crippen molar-refractivity contribution in [1.82, 2.24) is 41.5 Å². The number of primary amides is 1. The summed E-state index contributed by atoms with van der Waals surface area (Å²) in [6.45, 7) is 7.44. The van der Waals surface area contributed by atoms with Crippen molar-refractivity contribution in [3.8, 4) is 0 Å². The number of amides is 7. The molecule has 0 aliphatic carbocycles. The van der Waals surface area contributed by atoms with Crippen molar-refractivity contribution in [2.24, 2.45) is 17.4 Å². The van der Waals surface area contributed by atoms with Crippen LogP contribution < -0.4 is 38.1 Å². The largest absolute Gasteiger partial charge is 0.469 e. The van der Waals surface area contributed by atoms with Gasteiger partial charge in [0, 0.05) is 50.2 Å². The number of nitrogens with one attached hydrogen (secondary N) is 6. The number of aryl methyl sites for hydroxylation is 1. The molecule has 3 rings (SSSR count). The summed E-state index contributed by atoms with van der Waals surface area (Å²) in [6, 6.07) is 2.69. The number of unbranched alkanes of at least 4 members (excludes halogenated alkanes) is 1. The molecule has 8 atom stereocenters. The summed E-state index contributed by atoms with van der Waals surface area (Å²) < 4.78 is 33.2. The number of hydrogen-bond acceptors (Lipinski definition) is 15. The number of ether oxygens (including phenoxy) is 3. The van der Waals surface area contributed by atoms with Crippen molar-refractivity contribution >= 4 is 61.8 Å². The molecule has 1 aromatic heterocycles. The maximum absolute atomic E-state index is 14.2. The number of hydrogen-bond donors (Lipinski definition) is 11. The maximum atomic E-state index is 14.2. The highest BCUT2D eigenvalue weighted by atomic mass is 32.1.